The van der Waals surface area contributed by atoms with E-state index in [9.17, 15) is 0 Å². The van der Waals surface area contributed by atoms with E-state index in [-0.39, 0.29) is 23.9 Å². The predicted octanol–water partition coefficient (Wildman–Crippen LogP) is 11.8. The summed E-state index contributed by atoms with van der Waals surface area (Å²) in [5, 5.41) is 0. The Morgan fingerprint density at radius 2 is 0.441 bits per heavy atom. The fourth-order valence-corrected chi connectivity index (χ4v) is 5.92. The van der Waals surface area contributed by atoms with Gasteiger partial charge in [-0.3, -0.25) is 0 Å². The van der Waals surface area contributed by atoms with Gasteiger partial charge in [-0.25, -0.2) is 0 Å². The second kappa shape index (κ2) is 36.3. The molecule has 0 spiro atoms. The van der Waals surface area contributed by atoms with Crippen LogP contribution in [0.3, 0.4) is 0 Å². The van der Waals surface area contributed by atoms with Crippen LogP contribution in [0.4, 0.5) is 0 Å². The maximum absolute atomic E-state index is 2.31. The summed E-state index contributed by atoms with van der Waals surface area (Å²) < 4.78 is 0. The second-order valence-electron chi connectivity index (χ2n) is 10.8. The molecular weight excluding hydrogens is 535 g/mol. The van der Waals surface area contributed by atoms with Gasteiger partial charge >= 0.3 is 23.9 Å². The van der Waals surface area contributed by atoms with Crippen molar-refractivity contribution in [2.45, 2.75) is 194 Å². The van der Waals surface area contributed by atoms with E-state index in [0.29, 0.717) is 0 Å². The summed E-state index contributed by atoms with van der Waals surface area (Å²) in [5.74, 6) is 2.83. The Hall–Kier alpha value is 1.15. The van der Waals surface area contributed by atoms with Crippen LogP contribution in [0.5, 0.6) is 0 Å². The summed E-state index contributed by atoms with van der Waals surface area (Å²) in [6.07, 6.45) is 41.2. The van der Waals surface area contributed by atoms with E-state index in [1.807, 2.05) is 0 Å². The first-order chi connectivity index (χ1) is 16.4. The average Bonchev–Trinajstić information content (AvgIpc) is 2.83. The van der Waals surface area contributed by atoms with Gasteiger partial charge in [0.15, 0.2) is 0 Å². The van der Waals surface area contributed by atoms with Crippen molar-refractivity contribution in [2.24, 2.45) is 0 Å². The number of thioether (sulfide) groups is 1. The van der Waals surface area contributed by atoms with Crippen LogP contribution in [0.15, 0.2) is 0 Å². The van der Waals surface area contributed by atoms with E-state index in [1.54, 1.807) is 0 Å². The van der Waals surface area contributed by atoms with Gasteiger partial charge in [0.05, 0.1) is 0 Å². The van der Waals surface area contributed by atoms with Crippen molar-refractivity contribution in [1.82, 2.24) is 0 Å². The molecule has 0 N–H and O–H groups in total. The molecule has 0 aromatic rings. The van der Waals surface area contributed by atoms with Crippen LogP contribution in [-0.4, -0.2) is 35.4 Å². The molecule has 2 heteroatoms. The number of hydrogen-bond donors (Lipinski definition) is 0. The van der Waals surface area contributed by atoms with E-state index in [2.05, 4.69) is 25.6 Å². The van der Waals surface area contributed by atoms with Crippen molar-refractivity contribution in [3.05, 3.63) is 0 Å². The molecule has 0 aromatic heterocycles. The van der Waals surface area contributed by atoms with Crippen molar-refractivity contribution in [1.29, 1.82) is 0 Å². The van der Waals surface area contributed by atoms with Gasteiger partial charge in [0.25, 0.3) is 0 Å². The number of hydrogen-bond acceptors (Lipinski definition) is 1. The average molecular weight is 604 g/mol. The van der Waals surface area contributed by atoms with E-state index in [0.717, 1.165) is 0 Å². The standard InChI is InChI=1S/C32H66S.Sn.2H/c1-3-5-7-9-11-13-15-17-19-21-23-25-27-29-31-33-32-30-28-26-24-22-20-18-16-14-12-10-8-6-4-2;;;/h3-32H2,1-2H3;;;. The minimum absolute atomic E-state index is 0. The molecule has 34 heavy (non-hydrogen) atoms. The van der Waals surface area contributed by atoms with Crippen LogP contribution in [0.2, 0.25) is 0 Å². The Morgan fingerprint density at radius 3 is 0.647 bits per heavy atom. The van der Waals surface area contributed by atoms with Crippen LogP contribution in [-0.2, 0) is 0 Å². The zero-order chi connectivity index (χ0) is 23.9. The van der Waals surface area contributed by atoms with Crippen LogP contribution < -0.4 is 0 Å². The second-order valence-corrected chi connectivity index (χ2v) is 12.0. The fourth-order valence-electron chi connectivity index (χ4n) is 4.90. The van der Waals surface area contributed by atoms with E-state index >= 15 is 0 Å². The van der Waals surface area contributed by atoms with Crippen molar-refractivity contribution in [3.8, 4) is 0 Å². The third-order valence-electron chi connectivity index (χ3n) is 7.28. The molecule has 0 rings (SSSR count). The number of unbranched alkanes of at least 4 members (excludes halogenated alkanes) is 26. The summed E-state index contributed by atoms with van der Waals surface area (Å²) in [5.41, 5.74) is 0. The Bertz CT molecular complexity index is 290. The van der Waals surface area contributed by atoms with Crippen molar-refractivity contribution in [3.63, 3.8) is 0 Å². The molecule has 0 heterocycles. The Kier molecular flexibility index (Phi) is 39.8. The summed E-state index contributed by atoms with van der Waals surface area (Å²) >= 11 is 2.22. The third-order valence-corrected chi connectivity index (χ3v) is 8.44. The van der Waals surface area contributed by atoms with Gasteiger partial charge in [-0.15, -0.1) is 0 Å². The van der Waals surface area contributed by atoms with Gasteiger partial charge < -0.3 is 0 Å². The molecule has 206 valence electrons. The molecule has 0 saturated carbocycles. The molecular formula is C32H68SSn. The summed E-state index contributed by atoms with van der Waals surface area (Å²) in [4.78, 5) is 0. The molecule has 0 aliphatic heterocycles. The van der Waals surface area contributed by atoms with Gasteiger partial charge in [0.2, 0.25) is 0 Å². The van der Waals surface area contributed by atoms with Crippen LogP contribution in [0.1, 0.15) is 194 Å². The molecule has 0 unspecified atom stereocenters. The first-order valence-corrected chi connectivity index (χ1v) is 17.1. The van der Waals surface area contributed by atoms with E-state index in [4.69, 9.17) is 0 Å². The topological polar surface area (TPSA) is 0 Å². The molecule has 2 radical (unpaired) electrons. The normalized spacial score (nSPS) is 11.1. The van der Waals surface area contributed by atoms with Crippen molar-refractivity contribution < 1.29 is 0 Å². The van der Waals surface area contributed by atoms with Crippen molar-refractivity contribution in [2.75, 3.05) is 11.5 Å². The van der Waals surface area contributed by atoms with Crippen LogP contribution >= 0.6 is 11.8 Å². The maximum atomic E-state index is 2.31. The monoisotopic (exact) mass is 604 g/mol. The van der Waals surface area contributed by atoms with Gasteiger partial charge in [-0.1, -0.05) is 181 Å². The predicted molar refractivity (Wildman–Crippen MR) is 166 cm³/mol. The van der Waals surface area contributed by atoms with Gasteiger partial charge in [-0.05, 0) is 24.3 Å². The van der Waals surface area contributed by atoms with Crippen LogP contribution in [0, 0.1) is 0 Å². The molecule has 0 aliphatic rings. The zero-order valence-corrected chi connectivity index (χ0v) is 29.2. The molecule has 0 aromatic carbocycles. The summed E-state index contributed by atoms with van der Waals surface area (Å²) in [7, 11) is 0. The Morgan fingerprint density at radius 1 is 0.265 bits per heavy atom. The minimum atomic E-state index is 0. The number of rotatable bonds is 30. The molecule has 0 bridgehead atoms. The van der Waals surface area contributed by atoms with Crippen LogP contribution in [0.25, 0.3) is 0 Å². The zero-order valence-electron chi connectivity index (χ0n) is 24.3. The molecule has 0 nitrogen and oxygen atoms in total. The Labute approximate surface area is 239 Å². The molecule has 0 aliphatic carbocycles. The van der Waals surface area contributed by atoms with Gasteiger partial charge in [-0.2, -0.15) is 11.8 Å². The first kappa shape index (κ1) is 37.3. The quantitative estimate of drug-likeness (QED) is 0.0581. The van der Waals surface area contributed by atoms with E-state index in [1.165, 1.54) is 191 Å². The fraction of sp³-hybridized carbons (Fsp3) is 1.00. The molecule has 0 saturated heterocycles. The van der Waals surface area contributed by atoms with Gasteiger partial charge in [0.1, 0.15) is 0 Å². The molecule has 0 atom stereocenters. The summed E-state index contributed by atoms with van der Waals surface area (Å²) in [6, 6.07) is 0. The van der Waals surface area contributed by atoms with E-state index < -0.39 is 0 Å². The van der Waals surface area contributed by atoms with Crippen molar-refractivity contribution >= 4 is 35.7 Å². The summed E-state index contributed by atoms with van der Waals surface area (Å²) in [6.45, 7) is 4.61. The van der Waals surface area contributed by atoms with Gasteiger partial charge in [0, 0.05) is 0 Å². The molecule has 0 amide bonds. The Balaban J connectivity index is 0. The first-order valence-electron chi connectivity index (χ1n) is 16.0. The molecule has 0 fully saturated rings. The SMILES string of the molecule is CCCCCCCCCCCCCCCCSCCCCCCCCCCCCCCCC.[SnH2]. The third kappa shape index (κ3) is 35.3.